The van der Waals surface area contributed by atoms with Crippen molar-refractivity contribution in [3.8, 4) is 11.4 Å². The first-order valence-corrected chi connectivity index (χ1v) is 6.67. The molecule has 3 heterocycles. The van der Waals surface area contributed by atoms with Crippen LogP contribution in [0.3, 0.4) is 0 Å². The molecular weight excluding hydrogens is 297 g/mol. The molecule has 0 aromatic carbocycles. The summed E-state index contributed by atoms with van der Waals surface area (Å²) in [5.41, 5.74) is 2.80. The molecule has 0 saturated carbocycles. The van der Waals surface area contributed by atoms with E-state index in [-0.39, 0.29) is 11.2 Å². The number of fused-ring (bicyclic) bond motifs is 1. The number of pyridine rings is 1. The Balaban J connectivity index is 2.13. The summed E-state index contributed by atoms with van der Waals surface area (Å²) in [5, 5.41) is 4.57. The average molecular weight is 310 g/mol. The predicted octanol–water partition coefficient (Wildman–Crippen LogP) is 3.53. The summed E-state index contributed by atoms with van der Waals surface area (Å²) >= 11 is 3.62. The maximum absolute atomic E-state index is 12.9. The average Bonchev–Trinajstić information content (AvgIpc) is 2.80. The standard InChI is InChI=1S/C13H13BrFN3/c1-13(2)5-6-18-12(13)10(14)11(17-18)9-4-3-8(15)7-16-9/h3-4,7H,5-6H2,1-2H3. The van der Waals surface area contributed by atoms with E-state index in [9.17, 15) is 4.39 Å². The molecule has 2 aromatic heterocycles. The van der Waals surface area contributed by atoms with Gasteiger partial charge >= 0.3 is 0 Å². The van der Waals surface area contributed by atoms with E-state index in [2.05, 4.69) is 39.9 Å². The van der Waals surface area contributed by atoms with Gasteiger partial charge in [-0.25, -0.2) is 4.39 Å². The fraction of sp³-hybridized carbons (Fsp3) is 0.385. The molecule has 0 fully saturated rings. The zero-order chi connectivity index (χ0) is 12.9. The first-order chi connectivity index (χ1) is 8.49. The highest BCUT2D eigenvalue weighted by molar-refractivity contribution is 9.10. The lowest BCUT2D eigenvalue weighted by Crippen LogP contribution is -2.12. The van der Waals surface area contributed by atoms with Crippen LogP contribution in [-0.4, -0.2) is 14.8 Å². The van der Waals surface area contributed by atoms with Crippen LogP contribution >= 0.6 is 15.9 Å². The van der Waals surface area contributed by atoms with Gasteiger partial charge in [0.25, 0.3) is 0 Å². The summed E-state index contributed by atoms with van der Waals surface area (Å²) in [7, 11) is 0. The number of halogens is 2. The molecule has 0 bridgehead atoms. The largest absolute Gasteiger partial charge is 0.267 e. The normalized spacial score (nSPS) is 16.9. The van der Waals surface area contributed by atoms with Gasteiger partial charge < -0.3 is 0 Å². The van der Waals surface area contributed by atoms with Gasteiger partial charge in [-0.3, -0.25) is 9.67 Å². The van der Waals surface area contributed by atoms with Crippen molar-refractivity contribution in [1.82, 2.24) is 14.8 Å². The van der Waals surface area contributed by atoms with Crippen LogP contribution in [0.5, 0.6) is 0 Å². The summed E-state index contributed by atoms with van der Waals surface area (Å²) in [5.74, 6) is -0.332. The lowest BCUT2D eigenvalue weighted by molar-refractivity contribution is 0.516. The minimum atomic E-state index is -0.332. The van der Waals surface area contributed by atoms with Crippen molar-refractivity contribution >= 4 is 15.9 Å². The molecule has 0 saturated heterocycles. The molecule has 3 rings (SSSR count). The molecule has 18 heavy (non-hydrogen) atoms. The van der Waals surface area contributed by atoms with Gasteiger partial charge in [0.05, 0.1) is 22.1 Å². The minimum Gasteiger partial charge on any atom is -0.267 e. The van der Waals surface area contributed by atoms with Crippen LogP contribution in [0, 0.1) is 5.82 Å². The molecule has 3 nitrogen and oxygen atoms in total. The highest BCUT2D eigenvalue weighted by Crippen LogP contribution is 2.42. The number of hydrogen-bond acceptors (Lipinski definition) is 2. The van der Waals surface area contributed by atoms with Crippen LogP contribution in [0.1, 0.15) is 26.0 Å². The van der Waals surface area contributed by atoms with Crippen molar-refractivity contribution in [1.29, 1.82) is 0 Å². The van der Waals surface area contributed by atoms with Gasteiger partial charge in [0.15, 0.2) is 0 Å². The van der Waals surface area contributed by atoms with E-state index in [0.29, 0.717) is 5.69 Å². The van der Waals surface area contributed by atoms with Gasteiger partial charge in [0.1, 0.15) is 11.5 Å². The number of rotatable bonds is 1. The molecule has 1 aliphatic heterocycles. The Bertz CT molecular complexity index is 601. The molecule has 0 aliphatic carbocycles. The Morgan fingerprint density at radius 1 is 1.39 bits per heavy atom. The van der Waals surface area contributed by atoms with E-state index in [0.717, 1.165) is 23.1 Å². The van der Waals surface area contributed by atoms with Crippen molar-refractivity contribution in [2.75, 3.05) is 0 Å². The van der Waals surface area contributed by atoms with E-state index in [1.807, 2.05) is 4.68 Å². The Labute approximate surface area is 113 Å². The molecule has 5 heteroatoms. The Kier molecular flexibility index (Phi) is 2.55. The van der Waals surface area contributed by atoms with E-state index >= 15 is 0 Å². The lowest BCUT2D eigenvalue weighted by Gasteiger charge is -2.16. The van der Waals surface area contributed by atoms with Crippen molar-refractivity contribution in [2.24, 2.45) is 0 Å². The summed E-state index contributed by atoms with van der Waals surface area (Å²) < 4.78 is 15.9. The zero-order valence-electron chi connectivity index (χ0n) is 10.2. The fourth-order valence-electron chi connectivity index (χ4n) is 2.43. The van der Waals surface area contributed by atoms with E-state index < -0.39 is 0 Å². The van der Waals surface area contributed by atoms with Gasteiger partial charge in [-0.2, -0.15) is 5.10 Å². The van der Waals surface area contributed by atoms with Crippen molar-refractivity contribution in [2.45, 2.75) is 32.2 Å². The smallest absolute Gasteiger partial charge is 0.141 e. The molecule has 0 spiro atoms. The second kappa shape index (κ2) is 3.88. The van der Waals surface area contributed by atoms with E-state index in [1.165, 1.54) is 18.0 Å². The molecule has 0 radical (unpaired) electrons. The molecule has 0 unspecified atom stereocenters. The molecule has 0 N–H and O–H groups in total. The number of nitrogens with zero attached hydrogens (tertiary/aromatic N) is 3. The lowest BCUT2D eigenvalue weighted by atomic mass is 9.88. The van der Waals surface area contributed by atoms with Crippen LogP contribution in [0.15, 0.2) is 22.8 Å². The third-order valence-corrected chi connectivity index (χ3v) is 4.21. The SMILES string of the molecule is CC1(C)CCn2nc(-c3ccc(F)cn3)c(Br)c21. The Morgan fingerprint density at radius 2 is 2.17 bits per heavy atom. The highest BCUT2D eigenvalue weighted by atomic mass is 79.9. The molecule has 2 aromatic rings. The second-order valence-corrected chi connectivity index (χ2v) is 6.02. The Morgan fingerprint density at radius 3 is 2.78 bits per heavy atom. The van der Waals surface area contributed by atoms with Gasteiger partial charge in [-0.05, 0) is 34.5 Å². The van der Waals surface area contributed by atoms with E-state index in [4.69, 9.17) is 0 Å². The third kappa shape index (κ3) is 1.68. The topological polar surface area (TPSA) is 30.7 Å². The van der Waals surface area contributed by atoms with E-state index in [1.54, 1.807) is 6.07 Å². The van der Waals surface area contributed by atoms with Crippen molar-refractivity contribution < 1.29 is 4.39 Å². The highest BCUT2D eigenvalue weighted by Gasteiger charge is 2.35. The van der Waals surface area contributed by atoms with Gasteiger partial charge in [0.2, 0.25) is 0 Å². The second-order valence-electron chi connectivity index (χ2n) is 5.23. The van der Waals surface area contributed by atoms with Crippen LogP contribution in [0.2, 0.25) is 0 Å². The zero-order valence-corrected chi connectivity index (χ0v) is 11.8. The summed E-state index contributed by atoms with van der Waals surface area (Å²) in [6.07, 6.45) is 2.31. The van der Waals surface area contributed by atoms with Gasteiger partial charge in [0, 0.05) is 12.0 Å². The summed E-state index contributed by atoms with van der Waals surface area (Å²) in [6.45, 7) is 5.34. The quantitative estimate of drug-likeness (QED) is 0.807. The van der Waals surface area contributed by atoms with Crippen LogP contribution < -0.4 is 0 Å². The number of aromatic nitrogens is 3. The third-order valence-electron chi connectivity index (χ3n) is 3.45. The first kappa shape index (κ1) is 11.8. The molecule has 1 aliphatic rings. The molecule has 94 valence electrons. The van der Waals surface area contributed by atoms with Crippen LogP contribution in [0.25, 0.3) is 11.4 Å². The van der Waals surface area contributed by atoms with Crippen LogP contribution in [0.4, 0.5) is 4.39 Å². The fourth-order valence-corrected chi connectivity index (χ4v) is 3.46. The number of aryl methyl sites for hydroxylation is 1. The minimum absolute atomic E-state index is 0.115. The maximum atomic E-state index is 12.9. The van der Waals surface area contributed by atoms with Gasteiger partial charge in [-0.1, -0.05) is 13.8 Å². The Hall–Kier alpha value is -1.23. The molecular formula is C13H13BrFN3. The predicted molar refractivity (Wildman–Crippen MR) is 70.8 cm³/mol. The van der Waals surface area contributed by atoms with Crippen molar-refractivity contribution in [3.05, 3.63) is 34.3 Å². The maximum Gasteiger partial charge on any atom is 0.141 e. The monoisotopic (exact) mass is 309 g/mol. The van der Waals surface area contributed by atoms with Gasteiger partial charge in [-0.15, -0.1) is 0 Å². The molecule has 0 atom stereocenters. The summed E-state index contributed by atoms with van der Waals surface area (Å²) in [6, 6.07) is 3.07. The first-order valence-electron chi connectivity index (χ1n) is 5.88. The van der Waals surface area contributed by atoms with Crippen LogP contribution in [-0.2, 0) is 12.0 Å². The van der Waals surface area contributed by atoms with Crippen molar-refractivity contribution in [3.63, 3.8) is 0 Å². The number of hydrogen-bond donors (Lipinski definition) is 0. The summed E-state index contributed by atoms with van der Waals surface area (Å²) in [4.78, 5) is 4.09. The molecule has 0 amide bonds.